The molecule has 0 aliphatic carbocycles. The third-order valence-electron chi connectivity index (χ3n) is 2.14. The first-order chi connectivity index (χ1) is 6.56. The van der Waals surface area contributed by atoms with E-state index in [-0.39, 0.29) is 0 Å². The molecule has 0 amide bonds. The number of carboxylic acids is 1. The number of aliphatic carboxylic acids is 1. The van der Waals surface area contributed by atoms with Crippen molar-refractivity contribution in [3.8, 4) is 0 Å². The van der Waals surface area contributed by atoms with Crippen molar-refractivity contribution in [2.24, 2.45) is 0 Å². The number of carboxylic acid groups (broad SMARTS) is 1. The molecule has 3 nitrogen and oxygen atoms in total. The van der Waals surface area contributed by atoms with E-state index in [2.05, 4.69) is 18.8 Å². The molecule has 1 aromatic rings. The smallest absolute Gasteiger partial charge is 0.313 e. The lowest BCUT2D eigenvalue weighted by Crippen LogP contribution is -2.10. The second kappa shape index (κ2) is 4.55. The quantitative estimate of drug-likeness (QED) is 0.836. The molecule has 0 aliphatic rings. The van der Waals surface area contributed by atoms with Gasteiger partial charge in [-0.15, -0.1) is 11.3 Å². The van der Waals surface area contributed by atoms with Crippen molar-refractivity contribution < 1.29 is 9.90 Å². The topological polar surface area (TPSA) is 50.2 Å². The predicted molar refractivity (Wildman–Crippen MR) is 56.9 cm³/mol. The van der Waals surface area contributed by atoms with Crippen molar-refractivity contribution in [2.45, 2.75) is 39.0 Å². The van der Waals surface area contributed by atoms with Crippen LogP contribution in [-0.2, 0) is 4.79 Å². The molecule has 0 aromatic carbocycles. The maximum Gasteiger partial charge on any atom is 0.313 e. The fourth-order valence-corrected chi connectivity index (χ4v) is 2.34. The lowest BCUT2D eigenvalue weighted by Gasteiger charge is -2.05. The first kappa shape index (κ1) is 11.2. The molecule has 0 fully saturated rings. The molecule has 1 N–H and O–H groups in total. The van der Waals surface area contributed by atoms with E-state index in [9.17, 15) is 4.79 Å². The summed E-state index contributed by atoms with van der Waals surface area (Å²) in [4.78, 5) is 15.2. The van der Waals surface area contributed by atoms with Crippen molar-refractivity contribution in [1.29, 1.82) is 0 Å². The number of thiazole rings is 1. The van der Waals surface area contributed by atoms with Gasteiger partial charge in [-0.2, -0.15) is 0 Å². The standard InChI is InChI=1S/C10H15NO2S/c1-4-7(10(12)13)9-11-8(5-14-9)6(2)3/h5-7H,4H2,1-3H3,(H,12,13). The number of hydrogen-bond donors (Lipinski definition) is 1. The van der Waals surface area contributed by atoms with Gasteiger partial charge in [0.1, 0.15) is 10.9 Å². The Morgan fingerprint density at radius 3 is 2.64 bits per heavy atom. The zero-order valence-electron chi connectivity index (χ0n) is 8.65. The van der Waals surface area contributed by atoms with E-state index >= 15 is 0 Å². The highest BCUT2D eigenvalue weighted by Gasteiger charge is 2.21. The average Bonchev–Trinajstić information content (AvgIpc) is 2.53. The Labute approximate surface area is 87.8 Å². The van der Waals surface area contributed by atoms with E-state index in [1.165, 1.54) is 11.3 Å². The van der Waals surface area contributed by atoms with Gasteiger partial charge in [0.25, 0.3) is 0 Å². The van der Waals surface area contributed by atoms with E-state index in [1.54, 1.807) is 0 Å². The summed E-state index contributed by atoms with van der Waals surface area (Å²) in [5, 5.41) is 11.6. The number of rotatable bonds is 4. The van der Waals surface area contributed by atoms with Crippen molar-refractivity contribution >= 4 is 17.3 Å². The van der Waals surface area contributed by atoms with E-state index < -0.39 is 11.9 Å². The van der Waals surface area contributed by atoms with Crippen LogP contribution in [0.3, 0.4) is 0 Å². The number of nitrogens with zero attached hydrogens (tertiary/aromatic N) is 1. The van der Waals surface area contributed by atoms with Gasteiger partial charge in [0.2, 0.25) is 0 Å². The van der Waals surface area contributed by atoms with Crippen molar-refractivity contribution in [3.63, 3.8) is 0 Å². The van der Waals surface area contributed by atoms with Gasteiger partial charge >= 0.3 is 5.97 Å². The van der Waals surface area contributed by atoms with Gasteiger partial charge < -0.3 is 5.11 Å². The van der Waals surface area contributed by atoms with Gasteiger partial charge in [0.05, 0.1) is 5.69 Å². The van der Waals surface area contributed by atoms with Crippen LogP contribution in [0, 0.1) is 0 Å². The summed E-state index contributed by atoms with van der Waals surface area (Å²) in [6.07, 6.45) is 0.598. The van der Waals surface area contributed by atoms with Crippen LogP contribution in [0.4, 0.5) is 0 Å². The molecule has 1 heterocycles. The summed E-state index contributed by atoms with van der Waals surface area (Å²) in [5.74, 6) is -0.851. The molecule has 78 valence electrons. The Morgan fingerprint density at radius 2 is 2.29 bits per heavy atom. The second-order valence-electron chi connectivity index (χ2n) is 3.56. The molecular formula is C10H15NO2S. The van der Waals surface area contributed by atoms with Crippen molar-refractivity contribution in [3.05, 3.63) is 16.1 Å². The zero-order chi connectivity index (χ0) is 10.7. The van der Waals surface area contributed by atoms with Crippen molar-refractivity contribution in [1.82, 2.24) is 4.98 Å². The minimum absolute atomic E-state index is 0.367. The summed E-state index contributed by atoms with van der Waals surface area (Å²) in [6.45, 7) is 5.98. The number of carbonyl (C=O) groups is 1. The Balaban J connectivity index is 2.89. The molecule has 0 radical (unpaired) electrons. The predicted octanol–water partition coefficient (Wildman–Crippen LogP) is 2.84. The highest BCUT2D eigenvalue weighted by Crippen LogP contribution is 2.26. The fourth-order valence-electron chi connectivity index (χ4n) is 1.18. The van der Waals surface area contributed by atoms with E-state index in [1.807, 2.05) is 12.3 Å². The van der Waals surface area contributed by atoms with Crippen LogP contribution in [0.15, 0.2) is 5.38 Å². The Kier molecular flexibility index (Phi) is 3.63. The summed E-state index contributed by atoms with van der Waals surface area (Å²) in [5.41, 5.74) is 0.990. The summed E-state index contributed by atoms with van der Waals surface area (Å²) >= 11 is 1.45. The van der Waals surface area contributed by atoms with Crippen LogP contribution in [-0.4, -0.2) is 16.1 Å². The molecule has 0 saturated heterocycles. The first-order valence-electron chi connectivity index (χ1n) is 4.74. The third-order valence-corrected chi connectivity index (χ3v) is 3.11. The van der Waals surface area contributed by atoms with Gasteiger partial charge in [-0.05, 0) is 12.3 Å². The summed E-state index contributed by atoms with van der Waals surface area (Å²) < 4.78 is 0. The average molecular weight is 213 g/mol. The Bertz CT molecular complexity index is 320. The van der Waals surface area contributed by atoms with Gasteiger partial charge in [0, 0.05) is 5.38 Å². The molecule has 4 heteroatoms. The number of hydrogen-bond acceptors (Lipinski definition) is 3. The molecule has 0 bridgehead atoms. The van der Waals surface area contributed by atoms with Gasteiger partial charge in [0.15, 0.2) is 0 Å². The normalized spacial score (nSPS) is 13.1. The van der Waals surface area contributed by atoms with E-state index in [4.69, 9.17) is 5.11 Å². The molecule has 0 aliphatic heterocycles. The highest BCUT2D eigenvalue weighted by molar-refractivity contribution is 7.09. The fraction of sp³-hybridized carbons (Fsp3) is 0.600. The van der Waals surface area contributed by atoms with Crippen LogP contribution in [0.5, 0.6) is 0 Å². The molecule has 1 aromatic heterocycles. The minimum atomic E-state index is -0.780. The number of aromatic nitrogens is 1. The molecule has 1 unspecified atom stereocenters. The molecule has 1 atom stereocenters. The minimum Gasteiger partial charge on any atom is -0.481 e. The van der Waals surface area contributed by atoms with Crippen LogP contribution in [0.1, 0.15) is 49.7 Å². The van der Waals surface area contributed by atoms with E-state index in [0.717, 1.165) is 10.7 Å². The van der Waals surface area contributed by atoms with Crippen LogP contribution in [0.25, 0.3) is 0 Å². The summed E-state index contributed by atoms with van der Waals surface area (Å²) in [7, 11) is 0. The molecule has 1 rings (SSSR count). The third kappa shape index (κ3) is 2.32. The first-order valence-corrected chi connectivity index (χ1v) is 5.62. The largest absolute Gasteiger partial charge is 0.481 e. The lowest BCUT2D eigenvalue weighted by molar-refractivity contribution is -0.138. The zero-order valence-corrected chi connectivity index (χ0v) is 9.47. The Hall–Kier alpha value is -0.900. The SMILES string of the molecule is CCC(C(=O)O)c1nc(C(C)C)cs1. The Morgan fingerprint density at radius 1 is 1.64 bits per heavy atom. The highest BCUT2D eigenvalue weighted by atomic mass is 32.1. The molecule has 14 heavy (non-hydrogen) atoms. The monoisotopic (exact) mass is 213 g/mol. The summed E-state index contributed by atoms with van der Waals surface area (Å²) in [6, 6.07) is 0. The van der Waals surface area contributed by atoms with E-state index in [0.29, 0.717) is 12.3 Å². The van der Waals surface area contributed by atoms with Crippen LogP contribution >= 0.6 is 11.3 Å². The van der Waals surface area contributed by atoms with Crippen molar-refractivity contribution in [2.75, 3.05) is 0 Å². The molecule has 0 spiro atoms. The van der Waals surface area contributed by atoms with Crippen LogP contribution in [0.2, 0.25) is 0 Å². The maximum absolute atomic E-state index is 10.9. The maximum atomic E-state index is 10.9. The molecular weight excluding hydrogens is 198 g/mol. The van der Waals surface area contributed by atoms with Gasteiger partial charge in [-0.25, -0.2) is 4.98 Å². The van der Waals surface area contributed by atoms with Crippen LogP contribution < -0.4 is 0 Å². The second-order valence-corrected chi connectivity index (χ2v) is 4.45. The lowest BCUT2D eigenvalue weighted by atomic mass is 10.1. The van der Waals surface area contributed by atoms with Gasteiger partial charge in [-0.1, -0.05) is 20.8 Å². The van der Waals surface area contributed by atoms with Gasteiger partial charge in [-0.3, -0.25) is 4.79 Å². The molecule has 0 saturated carbocycles.